The third-order valence-electron chi connectivity index (χ3n) is 5.10. The third kappa shape index (κ3) is 3.90. The first-order valence-electron chi connectivity index (χ1n) is 9.45. The smallest absolute Gasteiger partial charge is 0.308 e. The Morgan fingerprint density at radius 3 is 2.60 bits per heavy atom. The van der Waals surface area contributed by atoms with Gasteiger partial charge in [-0.1, -0.05) is 17.4 Å². The average Bonchev–Trinajstić information content (AvgIpc) is 3.34. The second-order valence-electron chi connectivity index (χ2n) is 7.21. The molecule has 30 heavy (non-hydrogen) atoms. The van der Waals surface area contributed by atoms with Gasteiger partial charge in [-0.25, -0.2) is 12.8 Å². The summed E-state index contributed by atoms with van der Waals surface area (Å²) in [5, 5.41) is 2.58. The molecule has 4 rings (SSSR count). The van der Waals surface area contributed by atoms with Crippen LogP contribution in [0, 0.1) is 12.7 Å². The maximum absolute atomic E-state index is 13.7. The molecule has 0 unspecified atom stereocenters. The molecular formula is C20H20FN3O4S2. The van der Waals surface area contributed by atoms with E-state index in [9.17, 15) is 22.4 Å². The lowest BCUT2D eigenvalue weighted by molar-refractivity contribution is -0.116. The lowest BCUT2D eigenvalue weighted by atomic mass is 10.2. The van der Waals surface area contributed by atoms with E-state index >= 15 is 0 Å². The van der Waals surface area contributed by atoms with Gasteiger partial charge in [0, 0.05) is 18.8 Å². The predicted molar refractivity (Wildman–Crippen MR) is 114 cm³/mol. The number of fused-ring (bicyclic) bond motifs is 1. The Morgan fingerprint density at radius 2 is 1.90 bits per heavy atom. The first-order valence-corrected chi connectivity index (χ1v) is 11.7. The van der Waals surface area contributed by atoms with Gasteiger partial charge in [0.1, 0.15) is 12.4 Å². The SMILES string of the molecule is Cc1ccc(NC(=O)Cn2c(=O)sc3cc(S(=O)(=O)N4CCCC4)ccc32)cc1F. The van der Waals surface area contributed by atoms with E-state index in [1.165, 1.54) is 27.1 Å². The Labute approximate surface area is 176 Å². The van der Waals surface area contributed by atoms with Gasteiger partial charge in [0.15, 0.2) is 0 Å². The van der Waals surface area contributed by atoms with Crippen LogP contribution in [-0.2, 0) is 21.4 Å². The maximum atomic E-state index is 13.7. The first kappa shape index (κ1) is 20.7. The molecule has 1 aromatic heterocycles. The summed E-state index contributed by atoms with van der Waals surface area (Å²) in [5.41, 5.74) is 1.25. The van der Waals surface area contributed by atoms with E-state index in [0.29, 0.717) is 34.6 Å². The van der Waals surface area contributed by atoms with Crippen molar-refractivity contribution in [3.63, 3.8) is 0 Å². The van der Waals surface area contributed by atoms with E-state index in [1.54, 1.807) is 25.1 Å². The molecule has 0 atom stereocenters. The fourth-order valence-electron chi connectivity index (χ4n) is 3.45. The number of hydrogen-bond donors (Lipinski definition) is 1. The second kappa shape index (κ2) is 7.93. The molecule has 7 nitrogen and oxygen atoms in total. The van der Waals surface area contributed by atoms with Crippen LogP contribution in [0.2, 0.25) is 0 Å². The van der Waals surface area contributed by atoms with E-state index in [0.717, 1.165) is 24.2 Å². The van der Waals surface area contributed by atoms with Crippen molar-refractivity contribution in [1.29, 1.82) is 0 Å². The summed E-state index contributed by atoms with van der Waals surface area (Å²) in [6.07, 6.45) is 1.68. The van der Waals surface area contributed by atoms with Gasteiger partial charge in [-0.3, -0.25) is 14.2 Å². The third-order valence-corrected chi connectivity index (χ3v) is 7.94. The summed E-state index contributed by atoms with van der Waals surface area (Å²) in [5.74, 6) is -0.911. The van der Waals surface area contributed by atoms with Crippen molar-refractivity contribution in [1.82, 2.24) is 8.87 Å². The predicted octanol–water partition coefficient (Wildman–Crippen LogP) is 2.93. The number of nitrogens with one attached hydrogen (secondary N) is 1. The number of benzene rings is 2. The Bertz CT molecular complexity index is 1290. The summed E-state index contributed by atoms with van der Waals surface area (Å²) in [6, 6.07) is 8.86. The van der Waals surface area contributed by atoms with Crippen LogP contribution in [0.1, 0.15) is 18.4 Å². The molecule has 1 N–H and O–H groups in total. The van der Waals surface area contributed by atoms with E-state index < -0.39 is 21.7 Å². The number of halogens is 1. The first-order chi connectivity index (χ1) is 14.3. The quantitative estimate of drug-likeness (QED) is 0.649. The molecule has 1 saturated heterocycles. The molecule has 1 aliphatic rings. The van der Waals surface area contributed by atoms with Crippen molar-refractivity contribution in [2.75, 3.05) is 18.4 Å². The number of carbonyl (C=O) groups is 1. The number of amides is 1. The minimum atomic E-state index is -3.59. The van der Waals surface area contributed by atoms with Crippen LogP contribution >= 0.6 is 11.3 Å². The van der Waals surface area contributed by atoms with Gasteiger partial charge in [0.05, 0.1) is 15.1 Å². The molecule has 0 bridgehead atoms. The monoisotopic (exact) mass is 449 g/mol. The Balaban J connectivity index is 1.59. The number of carbonyl (C=O) groups excluding carboxylic acids is 1. The zero-order chi connectivity index (χ0) is 21.5. The van der Waals surface area contributed by atoms with Crippen molar-refractivity contribution < 1.29 is 17.6 Å². The Kier molecular flexibility index (Phi) is 5.48. The highest BCUT2D eigenvalue weighted by Gasteiger charge is 2.27. The molecule has 0 spiro atoms. The number of thiazole rings is 1. The van der Waals surface area contributed by atoms with Gasteiger partial charge in [-0.15, -0.1) is 0 Å². The molecule has 1 fully saturated rings. The molecule has 2 heterocycles. The zero-order valence-corrected chi connectivity index (χ0v) is 17.9. The highest BCUT2D eigenvalue weighted by atomic mass is 32.2. The van der Waals surface area contributed by atoms with Crippen molar-refractivity contribution in [3.05, 3.63) is 57.4 Å². The highest BCUT2D eigenvalue weighted by Crippen LogP contribution is 2.26. The lowest BCUT2D eigenvalue weighted by Gasteiger charge is -2.15. The number of hydrogen-bond acceptors (Lipinski definition) is 5. The molecule has 0 radical (unpaired) electrons. The lowest BCUT2D eigenvalue weighted by Crippen LogP contribution is -2.27. The molecule has 1 amide bonds. The van der Waals surface area contributed by atoms with Crippen LogP contribution in [0.5, 0.6) is 0 Å². The number of aromatic nitrogens is 1. The average molecular weight is 450 g/mol. The molecule has 3 aromatic rings. The van der Waals surface area contributed by atoms with Gasteiger partial charge in [0.2, 0.25) is 15.9 Å². The maximum Gasteiger partial charge on any atom is 0.308 e. The molecule has 10 heteroatoms. The summed E-state index contributed by atoms with van der Waals surface area (Å²) in [4.78, 5) is 24.6. The van der Waals surface area contributed by atoms with E-state index in [-0.39, 0.29) is 16.3 Å². The minimum Gasteiger partial charge on any atom is -0.324 e. The summed E-state index contributed by atoms with van der Waals surface area (Å²) in [7, 11) is -3.59. The molecule has 158 valence electrons. The molecule has 0 saturated carbocycles. The molecular weight excluding hydrogens is 429 g/mol. The van der Waals surface area contributed by atoms with Gasteiger partial charge in [-0.05, 0) is 55.7 Å². The highest BCUT2D eigenvalue weighted by molar-refractivity contribution is 7.89. The van der Waals surface area contributed by atoms with Crippen molar-refractivity contribution >= 4 is 43.2 Å². The number of anilines is 1. The summed E-state index contributed by atoms with van der Waals surface area (Å²) in [6.45, 7) is 2.36. The van der Waals surface area contributed by atoms with Gasteiger partial charge in [-0.2, -0.15) is 4.31 Å². The van der Waals surface area contributed by atoms with Crippen LogP contribution in [0.4, 0.5) is 10.1 Å². The standard InChI is InChI=1S/C20H20FN3O4S2/c1-13-4-5-14(10-16(13)21)22-19(25)12-24-17-7-6-15(11-18(17)29-20(24)26)30(27,28)23-8-2-3-9-23/h4-7,10-11H,2-3,8-9,12H2,1H3,(H,22,25). The molecule has 2 aromatic carbocycles. The van der Waals surface area contributed by atoms with Crippen molar-refractivity contribution in [2.45, 2.75) is 31.2 Å². The Hall–Kier alpha value is -2.56. The summed E-state index contributed by atoms with van der Waals surface area (Å²) < 4.78 is 42.4. The van der Waals surface area contributed by atoms with E-state index in [1.807, 2.05) is 0 Å². The largest absolute Gasteiger partial charge is 0.324 e. The second-order valence-corrected chi connectivity index (χ2v) is 10.1. The Morgan fingerprint density at radius 1 is 1.17 bits per heavy atom. The van der Waals surface area contributed by atoms with E-state index in [4.69, 9.17) is 0 Å². The van der Waals surface area contributed by atoms with Gasteiger partial charge >= 0.3 is 4.87 Å². The van der Waals surface area contributed by atoms with Crippen molar-refractivity contribution in [2.24, 2.45) is 0 Å². The molecule has 1 aliphatic heterocycles. The molecule has 0 aliphatic carbocycles. The minimum absolute atomic E-state index is 0.143. The van der Waals surface area contributed by atoms with Crippen LogP contribution < -0.4 is 10.2 Å². The number of aryl methyl sites for hydroxylation is 1. The van der Waals surface area contributed by atoms with Gasteiger partial charge < -0.3 is 5.32 Å². The number of rotatable bonds is 5. The summed E-state index contributed by atoms with van der Waals surface area (Å²) >= 11 is 0.889. The topological polar surface area (TPSA) is 88.5 Å². The van der Waals surface area contributed by atoms with E-state index in [2.05, 4.69) is 5.32 Å². The van der Waals surface area contributed by atoms with Crippen LogP contribution in [0.25, 0.3) is 10.2 Å². The van der Waals surface area contributed by atoms with Crippen LogP contribution in [0.15, 0.2) is 46.1 Å². The van der Waals surface area contributed by atoms with Crippen molar-refractivity contribution in [3.8, 4) is 0 Å². The fraction of sp³-hybridized carbons (Fsp3) is 0.300. The van der Waals surface area contributed by atoms with Crippen LogP contribution in [0.3, 0.4) is 0 Å². The normalized spacial score (nSPS) is 15.0. The number of nitrogens with zero attached hydrogens (tertiary/aromatic N) is 2. The zero-order valence-electron chi connectivity index (χ0n) is 16.2. The fourth-order valence-corrected chi connectivity index (χ4v) is 6.00. The number of sulfonamides is 1. The van der Waals surface area contributed by atoms with Crippen LogP contribution in [-0.4, -0.2) is 36.3 Å². The van der Waals surface area contributed by atoms with Gasteiger partial charge in [0.25, 0.3) is 0 Å².